The molecule has 0 aromatic heterocycles. The third-order valence-electron chi connectivity index (χ3n) is 3.21. The maximum Gasteiger partial charge on any atom is 0.240 e. The fourth-order valence-electron chi connectivity index (χ4n) is 2.50. The zero-order valence-corrected chi connectivity index (χ0v) is 10.9. The van der Waals surface area contributed by atoms with E-state index in [1.165, 1.54) is 0 Å². The van der Waals surface area contributed by atoms with E-state index in [2.05, 4.69) is 13.8 Å². The summed E-state index contributed by atoms with van der Waals surface area (Å²) in [5.74, 6) is 0.566. The minimum absolute atomic E-state index is 0.0229. The van der Waals surface area contributed by atoms with Gasteiger partial charge in [-0.25, -0.2) is 0 Å². The van der Waals surface area contributed by atoms with Crippen LogP contribution in [0, 0.1) is 5.92 Å². The Kier molecular flexibility index (Phi) is 4.74. The van der Waals surface area contributed by atoms with Gasteiger partial charge >= 0.3 is 0 Å². The molecule has 94 valence electrons. The van der Waals surface area contributed by atoms with Crippen molar-refractivity contribution in [3.63, 3.8) is 0 Å². The van der Waals surface area contributed by atoms with Crippen LogP contribution in [0.4, 0.5) is 0 Å². The number of amides is 1. The maximum atomic E-state index is 12.4. The van der Waals surface area contributed by atoms with E-state index in [4.69, 9.17) is 5.73 Å². The van der Waals surface area contributed by atoms with Gasteiger partial charge in [-0.15, -0.1) is 0 Å². The lowest BCUT2D eigenvalue weighted by Gasteiger charge is -2.36. The Balaban J connectivity index is 2.66. The minimum atomic E-state index is -0.0229. The molecule has 0 aromatic rings. The monoisotopic (exact) mass is 227 g/mol. The Labute approximate surface area is 98.8 Å². The molecule has 0 saturated carbocycles. The minimum Gasteiger partial charge on any atom is -0.340 e. The summed E-state index contributed by atoms with van der Waals surface area (Å²) in [6, 6.07) is 0.137. The Bertz CT molecular complexity index is 232. The standard InChI is InChI=1S/C12H25N3O/c1-9(2)11(14(3)4)12(16)15-7-5-6-10(13)8-15/h9-11H,5-8,13H2,1-4H3. The summed E-state index contributed by atoms with van der Waals surface area (Å²) < 4.78 is 0. The van der Waals surface area contributed by atoms with Crippen molar-refractivity contribution in [1.82, 2.24) is 9.80 Å². The summed E-state index contributed by atoms with van der Waals surface area (Å²) in [5.41, 5.74) is 5.91. The van der Waals surface area contributed by atoms with E-state index in [-0.39, 0.29) is 18.0 Å². The molecule has 4 heteroatoms. The molecule has 1 heterocycles. The average molecular weight is 227 g/mol. The van der Waals surface area contributed by atoms with Crippen molar-refractivity contribution in [3.8, 4) is 0 Å². The fourth-order valence-corrected chi connectivity index (χ4v) is 2.50. The van der Waals surface area contributed by atoms with Crippen molar-refractivity contribution in [2.24, 2.45) is 11.7 Å². The van der Waals surface area contributed by atoms with Crippen LogP contribution in [0.25, 0.3) is 0 Å². The number of hydrogen-bond acceptors (Lipinski definition) is 3. The summed E-state index contributed by atoms with van der Waals surface area (Å²) in [5, 5.41) is 0. The summed E-state index contributed by atoms with van der Waals surface area (Å²) in [4.78, 5) is 16.3. The first-order valence-corrected chi connectivity index (χ1v) is 6.14. The zero-order valence-electron chi connectivity index (χ0n) is 10.9. The van der Waals surface area contributed by atoms with Gasteiger partial charge in [0, 0.05) is 19.1 Å². The van der Waals surface area contributed by atoms with Crippen molar-refractivity contribution in [3.05, 3.63) is 0 Å². The lowest BCUT2D eigenvalue weighted by Crippen LogP contribution is -2.53. The highest BCUT2D eigenvalue weighted by molar-refractivity contribution is 5.82. The molecule has 16 heavy (non-hydrogen) atoms. The quantitative estimate of drug-likeness (QED) is 0.765. The van der Waals surface area contributed by atoms with Gasteiger partial charge in [-0.1, -0.05) is 13.8 Å². The summed E-state index contributed by atoms with van der Waals surface area (Å²) >= 11 is 0. The summed E-state index contributed by atoms with van der Waals surface area (Å²) in [6.45, 7) is 5.76. The van der Waals surface area contributed by atoms with Crippen LogP contribution < -0.4 is 5.73 Å². The van der Waals surface area contributed by atoms with Gasteiger partial charge in [0.2, 0.25) is 5.91 Å². The number of likely N-dealkylation sites (tertiary alicyclic amines) is 1. The van der Waals surface area contributed by atoms with E-state index in [0.29, 0.717) is 5.92 Å². The first-order chi connectivity index (χ1) is 7.43. The van der Waals surface area contributed by atoms with Crippen LogP contribution in [0.3, 0.4) is 0 Å². The van der Waals surface area contributed by atoms with Crippen molar-refractivity contribution in [1.29, 1.82) is 0 Å². The normalized spacial score (nSPS) is 23.9. The topological polar surface area (TPSA) is 49.6 Å². The molecule has 1 fully saturated rings. The highest BCUT2D eigenvalue weighted by Crippen LogP contribution is 2.15. The molecular formula is C12H25N3O. The molecule has 0 aromatic carbocycles. The van der Waals surface area contributed by atoms with Crippen LogP contribution in [-0.2, 0) is 4.79 Å². The Morgan fingerprint density at radius 1 is 1.44 bits per heavy atom. The molecule has 1 rings (SSSR count). The lowest BCUT2D eigenvalue weighted by atomic mass is 9.99. The average Bonchev–Trinajstić information content (AvgIpc) is 2.16. The Morgan fingerprint density at radius 3 is 2.50 bits per heavy atom. The number of hydrogen-bond donors (Lipinski definition) is 1. The molecule has 0 bridgehead atoms. The molecule has 1 aliphatic rings. The van der Waals surface area contributed by atoms with Crippen LogP contribution in [0.5, 0.6) is 0 Å². The largest absolute Gasteiger partial charge is 0.340 e. The number of carbonyl (C=O) groups is 1. The zero-order chi connectivity index (χ0) is 12.3. The number of carbonyl (C=O) groups excluding carboxylic acids is 1. The summed E-state index contributed by atoms with van der Waals surface area (Å²) in [6.07, 6.45) is 2.07. The molecule has 4 nitrogen and oxygen atoms in total. The van der Waals surface area contributed by atoms with E-state index < -0.39 is 0 Å². The molecule has 0 aliphatic carbocycles. The van der Waals surface area contributed by atoms with Gasteiger partial charge < -0.3 is 10.6 Å². The molecule has 1 saturated heterocycles. The molecule has 2 unspecified atom stereocenters. The van der Waals surface area contributed by atoms with Crippen molar-refractivity contribution in [2.75, 3.05) is 27.2 Å². The second-order valence-electron chi connectivity index (χ2n) is 5.34. The van der Waals surface area contributed by atoms with E-state index >= 15 is 0 Å². The maximum absolute atomic E-state index is 12.4. The Hall–Kier alpha value is -0.610. The second kappa shape index (κ2) is 5.64. The van der Waals surface area contributed by atoms with Crippen LogP contribution in [0.2, 0.25) is 0 Å². The predicted molar refractivity (Wildman–Crippen MR) is 66.1 cm³/mol. The first kappa shape index (κ1) is 13.5. The van der Waals surface area contributed by atoms with Crippen LogP contribution in [-0.4, -0.2) is 55.0 Å². The highest BCUT2D eigenvalue weighted by Gasteiger charge is 2.30. The van der Waals surface area contributed by atoms with Gasteiger partial charge in [-0.05, 0) is 32.9 Å². The molecule has 1 aliphatic heterocycles. The third kappa shape index (κ3) is 3.19. The SMILES string of the molecule is CC(C)C(C(=O)N1CCCC(N)C1)N(C)C. The van der Waals surface area contributed by atoms with Gasteiger partial charge in [-0.2, -0.15) is 0 Å². The number of rotatable bonds is 3. The summed E-state index contributed by atoms with van der Waals surface area (Å²) in [7, 11) is 3.93. The predicted octanol–water partition coefficient (Wildman–Crippen LogP) is 0.522. The van der Waals surface area contributed by atoms with Gasteiger partial charge in [0.05, 0.1) is 6.04 Å². The van der Waals surface area contributed by atoms with Gasteiger partial charge in [0.15, 0.2) is 0 Å². The molecule has 2 N–H and O–H groups in total. The smallest absolute Gasteiger partial charge is 0.240 e. The molecule has 1 amide bonds. The van der Waals surface area contributed by atoms with Crippen LogP contribution in [0.1, 0.15) is 26.7 Å². The number of piperidine rings is 1. The van der Waals surface area contributed by atoms with E-state index in [0.717, 1.165) is 25.9 Å². The molecular weight excluding hydrogens is 202 g/mol. The number of nitrogens with two attached hydrogens (primary N) is 1. The van der Waals surface area contributed by atoms with Crippen molar-refractivity contribution >= 4 is 5.91 Å². The van der Waals surface area contributed by atoms with Crippen LogP contribution in [0.15, 0.2) is 0 Å². The molecule has 0 radical (unpaired) electrons. The van der Waals surface area contributed by atoms with Crippen molar-refractivity contribution < 1.29 is 4.79 Å². The van der Waals surface area contributed by atoms with E-state index in [1.54, 1.807) is 0 Å². The van der Waals surface area contributed by atoms with Gasteiger partial charge in [0.25, 0.3) is 0 Å². The van der Waals surface area contributed by atoms with E-state index in [9.17, 15) is 4.79 Å². The second-order valence-corrected chi connectivity index (χ2v) is 5.34. The number of nitrogens with zero attached hydrogens (tertiary/aromatic N) is 2. The highest BCUT2D eigenvalue weighted by atomic mass is 16.2. The lowest BCUT2D eigenvalue weighted by molar-refractivity contribution is -0.138. The molecule has 2 atom stereocenters. The van der Waals surface area contributed by atoms with Crippen LogP contribution >= 0.6 is 0 Å². The number of likely N-dealkylation sites (N-methyl/N-ethyl adjacent to an activating group) is 1. The fraction of sp³-hybridized carbons (Fsp3) is 0.917. The van der Waals surface area contributed by atoms with Gasteiger partial charge in [0.1, 0.15) is 0 Å². The third-order valence-corrected chi connectivity index (χ3v) is 3.21. The van der Waals surface area contributed by atoms with Gasteiger partial charge in [-0.3, -0.25) is 9.69 Å². The Morgan fingerprint density at radius 2 is 2.06 bits per heavy atom. The van der Waals surface area contributed by atoms with Crippen molar-refractivity contribution in [2.45, 2.75) is 38.8 Å². The first-order valence-electron chi connectivity index (χ1n) is 6.14. The molecule has 0 spiro atoms. The van der Waals surface area contributed by atoms with E-state index in [1.807, 2.05) is 23.9 Å².